The Labute approximate surface area is 203 Å². The van der Waals surface area contributed by atoms with Gasteiger partial charge in [0.25, 0.3) is 0 Å². The summed E-state index contributed by atoms with van der Waals surface area (Å²) >= 11 is 1.34. The van der Waals surface area contributed by atoms with E-state index in [0.717, 1.165) is 44.5 Å². The Hall–Kier alpha value is -2.65. The zero-order chi connectivity index (χ0) is 23.5. The molecule has 2 aliphatic heterocycles. The molecular weight excluding hydrogens is 451 g/mol. The number of halogens is 1. The minimum absolute atomic E-state index is 0.143. The Bertz CT molecular complexity index is 1120. The molecule has 0 aliphatic carbocycles. The molecule has 8 heteroatoms. The number of rotatable bonds is 6. The zero-order valence-corrected chi connectivity index (χ0v) is 19.8. The fourth-order valence-electron chi connectivity index (χ4n) is 5.27. The van der Waals surface area contributed by atoms with Gasteiger partial charge in [-0.05, 0) is 55.6 Å². The Balaban J connectivity index is 1.16. The van der Waals surface area contributed by atoms with E-state index in [0.29, 0.717) is 17.4 Å². The molecule has 5 rings (SSSR count). The lowest BCUT2D eigenvalue weighted by molar-refractivity contribution is -0.120. The summed E-state index contributed by atoms with van der Waals surface area (Å²) in [5.41, 5.74) is 2.57. The molecule has 0 unspecified atom stereocenters. The van der Waals surface area contributed by atoms with Crippen molar-refractivity contribution in [2.45, 2.75) is 37.5 Å². The summed E-state index contributed by atoms with van der Waals surface area (Å²) in [5, 5.41) is 16.4. The summed E-state index contributed by atoms with van der Waals surface area (Å²) in [7, 11) is 0. The molecular formula is C26H29FN4O2S. The number of β-amino-alcohol motifs (C(OH)–C–C–N with tert-alkyl or cyclic N) is 1. The van der Waals surface area contributed by atoms with Gasteiger partial charge in [0, 0.05) is 36.1 Å². The van der Waals surface area contributed by atoms with Gasteiger partial charge in [0.2, 0.25) is 5.91 Å². The second-order valence-electron chi connectivity index (χ2n) is 9.21. The predicted octanol–water partition coefficient (Wildman–Crippen LogP) is 3.99. The minimum atomic E-state index is -0.495. The van der Waals surface area contributed by atoms with Crippen molar-refractivity contribution in [1.29, 1.82) is 0 Å². The smallest absolute Gasteiger partial charge is 0.240 e. The molecule has 2 atom stereocenters. The van der Waals surface area contributed by atoms with E-state index >= 15 is 0 Å². The molecule has 1 amide bonds. The van der Waals surface area contributed by atoms with Gasteiger partial charge in [0.15, 0.2) is 5.13 Å². The molecule has 6 nitrogen and oxygen atoms in total. The number of likely N-dealkylation sites (tertiary alicyclic amines) is 2. The molecule has 0 bridgehead atoms. The zero-order valence-electron chi connectivity index (χ0n) is 19.0. The Morgan fingerprint density at radius 1 is 1.15 bits per heavy atom. The predicted molar refractivity (Wildman–Crippen MR) is 132 cm³/mol. The number of hydrogen-bond donors (Lipinski definition) is 2. The van der Waals surface area contributed by atoms with Crippen molar-refractivity contribution >= 4 is 22.4 Å². The van der Waals surface area contributed by atoms with Crippen molar-refractivity contribution in [3.8, 4) is 11.3 Å². The third-order valence-electron chi connectivity index (χ3n) is 7.05. The standard InChI is InChI=1S/C26H29FN4O2S/c27-21-9-7-20(8-10-21)22-18-34-25(28-22)29-24(33)17-30-14-12-26(23(32)16-30)11-4-13-31(26)15-19-5-2-1-3-6-19/h1-3,5-10,18,23,32H,4,11-17H2,(H,28,29,33)/t23-,26-/m0/s1. The van der Waals surface area contributed by atoms with E-state index in [2.05, 4.69) is 39.5 Å². The maximum atomic E-state index is 13.1. The average molecular weight is 481 g/mol. The Kier molecular flexibility index (Phi) is 6.74. The van der Waals surface area contributed by atoms with Crippen LogP contribution in [0.5, 0.6) is 0 Å². The SMILES string of the molecule is O=C(CN1CC[C@@]2(CCCN2Cc2ccccc2)[C@@H](O)C1)Nc1nc(-c2ccc(F)cc2)cs1. The van der Waals surface area contributed by atoms with E-state index in [4.69, 9.17) is 0 Å². The van der Waals surface area contributed by atoms with Crippen LogP contribution >= 0.6 is 11.3 Å². The fourth-order valence-corrected chi connectivity index (χ4v) is 6.01. The fraction of sp³-hybridized carbons (Fsp3) is 0.385. The topological polar surface area (TPSA) is 68.7 Å². The van der Waals surface area contributed by atoms with Crippen LogP contribution in [0.4, 0.5) is 9.52 Å². The number of hydrogen-bond acceptors (Lipinski definition) is 6. The van der Waals surface area contributed by atoms with Crippen molar-refractivity contribution in [1.82, 2.24) is 14.8 Å². The van der Waals surface area contributed by atoms with Gasteiger partial charge in [-0.2, -0.15) is 0 Å². The van der Waals surface area contributed by atoms with E-state index in [1.165, 1.54) is 29.0 Å². The minimum Gasteiger partial charge on any atom is -0.390 e. The number of piperidine rings is 1. The lowest BCUT2D eigenvalue weighted by atomic mass is 9.82. The van der Waals surface area contributed by atoms with Gasteiger partial charge < -0.3 is 10.4 Å². The lowest BCUT2D eigenvalue weighted by Gasteiger charge is -2.48. The van der Waals surface area contributed by atoms with Crippen LogP contribution in [-0.2, 0) is 11.3 Å². The number of anilines is 1. The Morgan fingerprint density at radius 2 is 1.94 bits per heavy atom. The number of thiazole rings is 1. The van der Waals surface area contributed by atoms with E-state index in [9.17, 15) is 14.3 Å². The second kappa shape index (κ2) is 9.92. The largest absolute Gasteiger partial charge is 0.390 e. The van der Waals surface area contributed by atoms with Gasteiger partial charge in [0.1, 0.15) is 5.82 Å². The van der Waals surface area contributed by atoms with Gasteiger partial charge in [-0.25, -0.2) is 9.37 Å². The quantitative estimate of drug-likeness (QED) is 0.559. The molecule has 2 aliphatic rings. The van der Waals surface area contributed by atoms with Crippen LogP contribution in [-0.4, -0.2) is 63.6 Å². The third kappa shape index (κ3) is 4.90. The van der Waals surface area contributed by atoms with Crippen LogP contribution in [0.3, 0.4) is 0 Å². The summed E-state index contributed by atoms with van der Waals surface area (Å²) < 4.78 is 13.1. The number of amides is 1. The molecule has 0 radical (unpaired) electrons. The van der Waals surface area contributed by atoms with Gasteiger partial charge >= 0.3 is 0 Å². The molecule has 3 aromatic rings. The summed E-state index contributed by atoms with van der Waals surface area (Å²) in [6.07, 6.45) is 2.43. The summed E-state index contributed by atoms with van der Waals surface area (Å²) in [6.45, 7) is 3.31. The molecule has 34 heavy (non-hydrogen) atoms. The number of benzene rings is 2. The van der Waals surface area contributed by atoms with Gasteiger partial charge in [-0.1, -0.05) is 30.3 Å². The molecule has 2 aromatic carbocycles. The van der Waals surface area contributed by atoms with Crippen LogP contribution in [0.2, 0.25) is 0 Å². The molecule has 1 spiro atoms. The second-order valence-corrected chi connectivity index (χ2v) is 10.1. The lowest BCUT2D eigenvalue weighted by Crippen LogP contribution is -2.61. The number of nitrogens with zero attached hydrogens (tertiary/aromatic N) is 3. The van der Waals surface area contributed by atoms with Crippen molar-refractivity contribution in [3.63, 3.8) is 0 Å². The van der Waals surface area contributed by atoms with Crippen LogP contribution in [0.25, 0.3) is 11.3 Å². The highest BCUT2D eigenvalue weighted by molar-refractivity contribution is 7.14. The van der Waals surface area contributed by atoms with E-state index in [-0.39, 0.29) is 23.8 Å². The van der Waals surface area contributed by atoms with Crippen molar-refractivity contribution in [2.75, 3.05) is 31.5 Å². The first-order valence-corrected chi connectivity index (χ1v) is 12.6. The molecule has 2 N–H and O–H groups in total. The maximum absolute atomic E-state index is 13.1. The summed E-state index contributed by atoms with van der Waals surface area (Å²) in [6, 6.07) is 16.5. The molecule has 2 fully saturated rings. The Morgan fingerprint density at radius 3 is 2.71 bits per heavy atom. The van der Waals surface area contributed by atoms with Crippen molar-refractivity contribution in [3.05, 3.63) is 71.4 Å². The molecule has 0 saturated carbocycles. The number of aliphatic hydroxyl groups excluding tert-OH is 1. The van der Waals surface area contributed by atoms with Gasteiger partial charge in [0.05, 0.1) is 18.3 Å². The first kappa shape index (κ1) is 23.1. The molecule has 2 saturated heterocycles. The van der Waals surface area contributed by atoms with Crippen LogP contribution in [0, 0.1) is 5.82 Å². The van der Waals surface area contributed by atoms with E-state index in [1.54, 1.807) is 12.1 Å². The number of carbonyl (C=O) groups is 1. The number of carbonyl (C=O) groups excluding carboxylic acids is 1. The third-order valence-corrected chi connectivity index (χ3v) is 7.81. The van der Waals surface area contributed by atoms with Crippen molar-refractivity contribution < 1.29 is 14.3 Å². The van der Waals surface area contributed by atoms with Gasteiger partial charge in [-0.3, -0.25) is 14.6 Å². The summed E-state index contributed by atoms with van der Waals surface area (Å²) in [5.74, 6) is -0.436. The number of aromatic nitrogens is 1. The van der Waals surface area contributed by atoms with Crippen LogP contribution in [0.1, 0.15) is 24.8 Å². The van der Waals surface area contributed by atoms with Crippen LogP contribution in [0.15, 0.2) is 60.0 Å². The summed E-state index contributed by atoms with van der Waals surface area (Å²) in [4.78, 5) is 21.6. The molecule has 178 valence electrons. The highest BCUT2D eigenvalue weighted by Gasteiger charge is 2.49. The monoisotopic (exact) mass is 480 g/mol. The normalized spacial score (nSPS) is 23.4. The van der Waals surface area contributed by atoms with Crippen LogP contribution < -0.4 is 5.32 Å². The average Bonchev–Trinajstić information content (AvgIpc) is 3.45. The van der Waals surface area contributed by atoms with E-state index < -0.39 is 6.10 Å². The van der Waals surface area contributed by atoms with Crippen molar-refractivity contribution in [2.24, 2.45) is 0 Å². The first-order valence-electron chi connectivity index (χ1n) is 11.7. The molecule has 3 heterocycles. The van der Waals surface area contributed by atoms with E-state index in [1.807, 2.05) is 16.3 Å². The maximum Gasteiger partial charge on any atom is 0.240 e. The first-order chi connectivity index (χ1) is 16.5. The van der Waals surface area contributed by atoms with Gasteiger partial charge in [-0.15, -0.1) is 11.3 Å². The highest BCUT2D eigenvalue weighted by Crippen LogP contribution is 2.39. The number of aliphatic hydroxyl groups is 1. The molecule has 1 aromatic heterocycles. The number of nitrogens with one attached hydrogen (secondary N) is 1. The highest BCUT2D eigenvalue weighted by atomic mass is 32.1.